The van der Waals surface area contributed by atoms with Crippen molar-refractivity contribution in [2.75, 3.05) is 19.7 Å². The number of nitrogens with zero attached hydrogens (tertiary/aromatic N) is 2. The first-order chi connectivity index (χ1) is 13.7. The fraction of sp³-hybridized carbons (Fsp3) is 0.619. The predicted octanol–water partition coefficient (Wildman–Crippen LogP) is 4.45. The molecule has 1 aliphatic heterocycles. The Morgan fingerprint density at radius 2 is 2.00 bits per heavy atom. The fourth-order valence-corrected chi connectivity index (χ4v) is 3.82. The van der Waals surface area contributed by atoms with E-state index in [4.69, 9.17) is 14.2 Å². The van der Waals surface area contributed by atoms with E-state index >= 15 is 0 Å². The Hall–Kier alpha value is -1.93. The van der Waals surface area contributed by atoms with Gasteiger partial charge in [-0.3, -0.25) is 4.79 Å². The summed E-state index contributed by atoms with van der Waals surface area (Å²) in [4.78, 5) is 24.5. The highest BCUT2D eigenvalue weighted by Gasteiger charge is 2.33. The first-order valence-electron chi connectivity index (χ1n) is 10.1. The van der Waals surface area contributed by atoms with Crippen LogP contribution in [0.4, 0.5) is 4.79 Å². The number of amides is 1. The van der Waals surface area contributed by atoms with Gasteiger partial charge in [0.15, 0.2) is 11.5 Å². The Kier molecular flexibility index (Phi) is 8.22. The molecule has 0 aromatic heterocycles. The van der Waals surface area contributed by atoms with Gasteiger partial charge >= 0.3 is 12.1 Å². The second kappa shape index (κ2) is 10.2. The molecule has 7 nitrogen and oxygen atoms in total. The van der Waals surface area contributed by atoms with Crippen LogP contribution in [0.1, 0.15) is 53.5 Å². The number of benzene rings is 1. The molecule has 29 heavy (non-hydrogen) atoms. The maximum Gasteiger partial charge on any atom is 0.426 e. The van der Waals surface area contributed by atoms with Crippen LogP contribution in [0.15, 0.2) is 18.2 Å². The monoisotopic (exact) mass is 424 g/mol. The number of rotatable bonds is 9. The number of esters is 1. The van der Waals surface area contributed by atoms with Crippen LogP contribution >= 0.6 is 12.1 Å². The summed E-state index contributed by atoms with van der Waals surface area (Å²) in [6.07, 6.45) is 0.566. The Bertz CT molecular complexity index is 723. The van der Waals surface area contributed by atoms with Crippen molar-refractivity contribution < 1.29 is 23.8 Å². The summed E-state index contributed by atoms with van der Waals surface area (Å²) < 4.78 is 20.2. The van der Waals surface area contributed by atoms with E-state index in [9.17, 15) is 9.59 Å². The second-order valence-electron chi connectivity index (χ2n) is 7.72. The van der Waals surface area contributed by atoms with Gasteiger partial charge in [0.05, 0.1) is 13.0 Å². The van der Waals surface area contributed by atoms with E-state index in [0.29, 0.717) is 31.2 Å². The molecule has 0 atom stereocenters. The van der Waals surface area contributed by atoms with Gasteiger partial charge in [0.1, 0.15) is 5.60 Å². The highest BCUT2D eigenvalue weighted by atomic mass is 32.2. The van der Waals surface area contributed by atoms with Crippen molar-refractivity contribution >= 4 is 24.2 Å². The van der Waals surface area contributed by atoms with Crippen LogP contribution in [0.2, 0.25) is 0 Å². The number of hydrogen-bond acceptors (Lipinski definition) is 7. The average Bonchev–Trinajstić information content (AvgIpc) is 2.96. The largest absolute Gasteiger partial charge is 0.483 e. The topological polar surface area (TPSA) is 68.3 Å². The Balaban J connectivity index is 2.03. The lowest BCUT2D eigenvalue weighted by Crippen LogP contribution is -2.36. The molecule has 0 N–H and O–H groups in total. The lowest BCUT2D eigenvalue weighted by atomic mass is 10.0. The van der Waals surface area contributed by atoms with Gasteiger partial charge in [0.25, 0.3) is 0 Å². The molecular weight excluding hydrogens is 392 g/mol. The standard InChI is InChI=1S/C21H32N2O5S/c1-7-22(29-23(15(3)4)13-12-18(24)26-8-2)20(25)27-17-11-9-10-16-14-21(5,6)28-19(16)17/h9-11,15H,7-8,12-14H2,1-6H3. The molecule has 0 unspecified atom stereocenters. The molecular formula is C21H32N2O5S. The smallest absolute Gasteiger partial charge is 0.426 e. The van der Waals surface area contributed by atoms with Gasteiger partial charge in [0.2, 0.25) is 0 Å². The summed E-state index contributed by atoms with van der Waals surface area (Å²) in [6, 6.07) is 5.73. The van der Waals surface area contributed by atoms with E-state index in [1.54, 1.807) is 13.0 Å². The third-order valence-corrected chi connectivity index (χ3v) is 5.78. The van der Waals surface area contributed by atoms with E-state index in [1.807, 2.05) is 51.1 Å². The van der Waals surface area contributed by atoms with Gasteiger partial charge in [-0.05, 0) is 47.6 Å². The van der Waals surface area contributed by atoms with Gasteiger partial charge < -0.3 is 14.2 Å². The number of ether oxygens (including phenoxy) is 3. The van der Waals surface area contributed by atoms with Crippen molar-refractivity contribution in [2.45, 2.75) is 66.0 Å². The van der Waals surface area contributed by atoms with E-state index in [2.05, 4.69) is 0 Å². The maximum absolute atomic E-state index is 12.8. The van der Waals surface area contributed by atoms with Gasteiger partial charge in [-0.2, -0.15) is 0 Å². The quantitative estimate of drug-likeness (QED) is 0.428. The van der Waals surface area contributed by atoms with Crippen LogP contribution in [0.25, 0.3) is 0 Å². The normalized spacial score (nSPS) is 14.5. The highest BCUT2D eigenvalue weighted by molar-refractivity contribution is 7.95. The summed E-state index contributed by atoms with van der Waals surface area (Å²) in [5.41, 5.74) is 0.722. The fourth-order valence-electron chi connectivity index (χ4n) is 2.99. The Morgan fingerprint density at radius 3 is 2.62 bits per heavy atom. The lowest BCUT2D eigenvalue weighted by Gasteiger charge is -2.29. The molecule has 1 heterocycles. The summed E-state index contributed by atoms with van der Waals surface area (Å²) in [5.74, 6) is 0.818. The maximum atomic E-state index is 12.8. The molecule has 2 rings (SSSR count). The molecule has 0 saturated heterocycles. The van der Waals surface area contributed by atoms with Crippen molar-refractivity contribution in [3.63, 3.8) is 0 Å². The summed E-state index contributed by atoms with van der Waals surface area (Å²) >= 11 is 1.26. The zero-order chi connectivity index (χ0) is 21.6. The van der Waals surface area contributed by atoms with Crippen LogP contribution in [0, 0.1) is 0 Å². The van der Waals surface area contributed by atoms with Crippen molar-refractivity contribution in [3.05, 3.63) is 23.8 Å². The molecule has 0 radical (unpaired) electrons. The predicted molar refractivity (Wildman–Crippen MR) is 114 cm³/mol. The molecule has 0 fully saturated rings. The Labute approximate surface area is 177 Å². The van der Waals surface area contributed by atoms with Crippen molar-refractivity contribution in [2.24, 2.45) is 0 Å². The molecule has 162 valence electrons. The van der Waals surface area contributed by atoms with E-state index < -0.39 is 6.09 Å². The zero-order valence-electron chi connectivity index (χ0n) is 18.2. The minimum absolute atomic E-state index is 0.126. The molecule has 0 spiro atoms. The van der Waals surface area contributed by atoms with Crippen LogP contribution in [0.5, 0.6) is 11.5 Å². The molecule has 1 aliphatic rings. The number of fused-ring (bicyclic) bond motifs is 1. The van der Waals surface area contributed by atoms with Crippen molar-refractivity contribution in [1.29, 1.82) is 0 Å². The molecule has 8 heteroatoms. The molecule has 0 aliphatic carbocycles. The molecule has 0 bridgehead atoms. The van der Waals surface area contributed by atoms with Gasteiger partial charge in [-0.15, -0.1) is 0 Å². The number of carbonyl (C=O) groups is 2. The van der Waals surface area contributed by atoms with Crippen molar-refractivity contribution in [3.8, 4) is 11.5 Å². The molecule has 1 aromatic rings. The van der Waals surface area contributed by atoms with Gasteiger partial charge in [-0.1, -0.05) is 12.1 Å². The number of carbonyl (C=O) groups excluding carboxylic acids is 2. The van der Waals surface area contributed by atoms with Gasteiger partial charge in [-0.25, -0.2) is 13.4 Å². The van der Waals surface area contributed by atoms with Crippen LogP contribution in [-0.2, 0) is 16.0 Å². The van der Waals surface area contributed by atoms with E-state index in [0.717, 1.165) is 12.0 Å². The first-order valence-corrected chi connectivity index (χ1v) is 10.8. The van der Waals surface area contributed by atoms with E-state index in [-0.39, 0.29) is 24.0 Å². The highest BCUT2D eigenvalue weighted by Crippen LogP contribution is 2.42. The van der Waals surface area contributed by atoms with E-state index in [1.165, 1.54) is 16.4 Å². The minimum atomic E-state index is -0.471. The summed E-state index contributed by atoms with van der Waals surface area (Å²) in [5, 5.41) is 0. The third-order valence-electron chi connectivity index (χ3n) is 4.36. The third kappa shape index (κ3) is 6.54. The Morgan fingerprint density at radius 1 is 1.28 bits per heavy atom. The van der Waals surface area contributed by atoms with Crippen molar-refractivity contribution in [1.82, 2.24) is 8.61 Å². The summed E-state index contributed by atoms with van der Waals surface area (Å²) in [6.45, 7) is 13.0. The molecule has 1 amide bonds. The van der Waals surface area contributed by atoms with Crippen LogP contribution < -0.4 is 9.47 Å². The molecule has 1 aromatic carbocycles. The number of para-hydroxylation sites is 1. The van der Waals surface area contributed by atoms with Gasteiger partial charge in [0, 0.05) is 43.2 Å². The van der Waals surface area contributed by atoms with Crippen LogP contribution in [-0.4, -0.2) is 52.0 Å². The minimum Gasteiger partial charge on any atom is -0.483 e. The first kappa shape index (κ1) is 23.3. The number of hydrogen-bond donors (Lipinski definition) is 0. The zero-order valence-corrected chi connectivity index (χ0v) is 19.0. The van der Waals surface area contributed by atoms with Crippen LogP contribution in [0.3, 0.4) is 0 Å². The summed E-state index contributed by atoms with van der Waals surface area (Å²) in [7, 11) is 0. The molecule has 0 saturated carbocycles. The SMILES string of the molecule is CCOC(=O)CCN(SN(CC)C(=O)Oc1cccc2c1OC(C)(C)C2)C(C)C. The lowest BCUT2D eigenvalue weighted by molar-refractivity contribution is -0.143. The second-order valence-corrected chi connectivity index (χ2v) is 8.79. The average molecular weight is 425 g/mol.